The van der Waals surface area contributed by atoms with Gasteiger partial charge in [0.05, 0.1) is 0 Å². The predicted octanol–water partition coefficient (Wildman–Crippen LogP) is 0.491. The Balaban J connectivity index is 2.30. The van der Waals surface area contributed by atoms with E-state index in [2.05, 4.69) is 6.58 Å². The molecule has 0 heterocycles. The summed E-state index contributed by atoms with van der Waals surface area (Å²) in [7, 11) is 0. The van der Waals surface area contributed by atoms with Crippen LogP contribution in [0.2, 0.25) is 3.98 Å². The molecule has 0 aromatic carbocycles. The molecule has 4 heavy (non-hydrogen) atoms. The normalized spacial score (nSPS) is 6.25. The van der Waals surface area contributed by atoms with Gasteiger partial charge in [0.15, 0.2) is 0 Å². The van der Waals surface area contributed by atoms with Crippen LogP contribution in [-0.2, 0) is 0 Å². The molecule has 0 aliphatic rings. The third-order valence-electron chi connectivity index (χ3n) is 0.167. The third-order valence-corrected chi connectivity index (χ3v) is 1.46. The zero-order valence-corrected chi connectivity index (χ0v) is 7.06. The summed E-state index contributed by atoms with van der Waals surface area (Å²) in [6, 6.07) is 0. The average molecular weight is 249 g/mol. The first-order valence-corrected chi connectivity index (χ1v) is 4.40. The van der Waals surface area contributed by atoms with Crippen molar-refractivity contribution in [2.75, 3.05) is 0 Å². The summed E-state index contributed by atoms with van der Waals surface area (Å²) in [5.74, 6) is 0. The summed E-state index contributed by atoms with van der Waals surface area (Å²) in [6.45, 7) is 3.52. The Bertz CT molecular complexity index is 17.2. The van der Waals surface area contributed by atoms with Crippen molar-refractivity contribution in [2.45, 2.75) is 3.98 Å². The quantitative estimate of drug-likeness (QED) is 0.469. The van der Waals surface area contributed by atoms with Gasteiger partial charge < -0.3 is 0 Å². The van der Waals surface area contributed by atoms with Crippen molar-refractivity contribution in [1.82, 2.24) is 0 Å². The van der Waals surface area contributed by atoms with Crippen molar-refractivity contribution in [3.63, 3.8) is 0 Å². The molecule has 0 N–H and O–H groups in total. The molecule has 2 radical (unpaired) electrons. The van der Waals surface area contributed by atoms with Crippen LogP contribution >= 0.6 is 0 Å². The Morgan fingerprint density at radius 2 is 2.25 bits per heavy atom. The fourth-order valence-electron chi connectivity index (χ4n) is 0. The van der Waals surface area contributed by atoms with Crippen LogP contribution < -0.4 is 0 Å². The Morgan fingerprint density at radius 3 is 2.25 bits per heavy atom. The molecule has 0 aliphatic carbocycles. The monoisotopic (exact) mass is 250 g/mol. The second kappa shape index (κ2) is 3.66. The van der Waals surface area contributed by atoms with Gasteiger partial charge in [0, 0.05) is 0 Å². The van der Waals surface area contributed by atoms with Gasteiger partial charge in [-0.05, 0) is 0 Å². The van der Waals surface area contributed by atoms with E-state index in [0.717, 1.165) is 25.8 Å². The van der Waals surface area contributed by atoms with E-state index < -0.39 is 0 Å². The molecule has 0 aromatic heterocycles. The van der Waals surface area contributed by atoms with Crippen LogP contribution in [-0.4, -0.2) is 25.8 Å². The van der Waals surface area contributed by atoms with E-state index in [9.17, 15) is 0 Å². The first-order chi connectivity index (χ1) is 1.91. The number of allylic oxidation sites excluding steroid dienone is 1. The van der Waals surface area contributed by atoms with Gasteiger partial charge in [-0.15, -0.1) is 0 Å². The molecule has 0 unspecified atom stereocenters. The van der Waals surface area contributed by atoms with E-state index in [1.54, 1.807) is 0 Å². The second-order valence-electron chi connectivity index (χ2n) is 0.524. The molecule has 0 nitrogen and oxygen atoms in total. The summed E-state index contributed by atoms with van der Waals surface area (Å²) in [5, 5.41) is 0. The van der Waals surface area contributed by atoms with E-state index in [1.165, 1.54) is 3.98 Å². The van der Waals surface area contributed by atoms with Gasteiger partial charge in [0.25, 0.3) is 0 Å². The molecule has 1 heteroatoms. The van der Waals surface area contributed by atoms with Crippen molar-refractivity contribution in [3.8, 4) is 0 Å². The van der Waals surface area contributed by atoms with Crippen LogP contribution in [0.3, 0.4) is 0 Å². The fourth-order valence-corrected chi connectivity index (χ4v) is 0. The number of hydrogen-bond donors (Lipinski definition) is 0. The van der Waals surface area contributed by atoms with Crippen molar-refractivity contribution < 1.29 is 0 Å². The van der Waals surface area contributed by atoms with Gasteiger partial charge in [-0.1, -0.05) is 0 Å². The molecule has 0 aliphatic heterocycles. The summed E-state index contributed by atoms with van der Waals surface area (Å²) in [6.07, 6.45) is 1.95. The first kappa shape index (κ1) is 4.66. The standard InChI is InChI=1S/C3H5.Pb.H/c1-3-2;;/h3H,1-2H2;;. The molecule has 22 valence electrons. The van der Waals surface area contributed by atoms with Gasteiger partial charge in [-0.2, -0.15) is 0 Å². The second-order valence-corrected chi connectivity index (χ2v) is 2.36. The first-order valence-electron chi connectivity index (χ1n) is 1.22. The summed E-state index contributed by atoms with van der Waals surface area (Å²) < 4.78 is 1.25. The molecule has 0 amide bonds. The molecular weight excluding hydrogens is 243 g/mol. The number of rotatable bonds is 1. The van der Waals surface area contributed by atoms with Crippen LogP contribution in [0.4, 0.5) is 0 Å². The molecule has 0 bridgehead atoms. The van der Waals surface area contributed by atoms with E-state index in [0.29, 0.717) is 0 Å². The van der Waals surface area contributed by atoms with Crippen molar-refractivity contribution in [3.05, 3.63) is 12.7 Å². The van der Waals surface area contributed by atoms with Gasteiger partial charge in [0.2, 0.25) is 0 Å². The Labute approximate surface area is 42.6 Å². The number of hydrogen-bond acceptors (Lipinski definition) is 0. The minimum absolute atomic E-state index is 1.11. The molecule has 0 rings (SSSR count). The van der Waals surface area contributed by atoms with Crippen LogP contribution in [0.15, 0.2) is 12.7 Å². The van der Waals surface area contributed by atoms with Crippen molar-refractivity contribution in [2.24, 2.45) is 0 Å². The van der Waals surface area contributed by atoms with Crippen molar-refractivity contribution in [1.29, 1.82) is 0 Å². The summed E-state index contributed by atoms with van der Waals surface area (Å²) in [4.78, 5) is 0. The molecule has 0 saturated heterocycles. The van der Waals surface area contributed by atoms with Crippen LogP contribution in [0.5, 0.6) is 0 Å². The molecule has 0 atom stereocenters. The van der Waals surface area contributed by atoms with Gasteiger partial charge >= 0.3 is 42.4 Å². The molecule has 0 saturated carbocycles. The van der Waals surface area contributed by atoms with E-state index in [1.807, 2.05) is 6.08 Å². The van der Waals surface area contributed by atoms with Crippen molar-refractivity contribution >= 4 is 25.8 Å². The SMILES string of the molecule is C=C[CH2][PbH]. The predicted molar refractivity (Wildman–Crippen MR) is 22.2 cm³/mol. The van der Waals surface area contributed by atoms with Crippen LogP contribution in [0.25, 0.3) is 0 Å². The van der Waals surface area contributed by atoms with E-state index >= 15 is 0 Å². The molecule has 0 fully saturated rings. The maximum atomic E-state index is 3.52. The third kappa shape index (κ3) is 2.66. The van der Waals surface area contributed by atoms with Gasteiger partial charge in [-0.3, -0.25) is 0 Å². The fraction of sp³-hybridized carbons (Fsp3) is 0.333. The minimum atomic E-state index is 1.11. The summed E-state index contributed by atoms with van der Waals surface area (Å²) in [5.41, 5.74) is 0. The van der Waals surface area contributed by atoms with E-state index in [-0.39, 0.29) is 0 Å². The summed E-state index contributed by atoms with van der Waals surface area (Å²) >= 11 is 1.11. The van der Waals surface area contributed by atoms with Crippen LogP contribution in [0, 0.1) is 0 Å². The Morgan fingerprint density at radius 1 is 2.00 bits per heavy atom. The Kier molecular flexibility index (Phi) is 4.27. The molecular formula is C3H6Pb. The van der Waals surface area contributed by atoms with Gasteiger partial charge in [0.1, 0.15) is 0 Å². The zero-order chi connectivity index (χ0) is 3.41. The zero-order valence-electron chi connectivity index (χ0n) is 2.57. The van der Waals surface area contributed by atoms with E-state index in [4.69, 9.17) is 0 Å². The Hall–Kier alpha value is 0.662. The topological polar surface area (TPSA) is 0 Å². The van der Waals surface area contributed by atoms with Gasteiger partial charge in [-0.25, -0.2) is 0 Å². The molecule has 0 spiro atoms. The average Bonchev–Trinajstić information content (AvgIpc) is 1.37. The molecule has 0 aromatic rings. The van der Waals surface area contributed by atoms with Crippen LogP contribution in [0.1, 0.15) is 0 Å². The maximum absolute atomic E-state index is 3.52.